The Kier molecular flexibility index (Phi) is 3.40. The predicted molar refractivity (Wildman–Crippen MR) is 73.2 cm³/mol. The number of hydrogen-bond acceptors (Lipinski definition) is 1. The van der Waals surface area contributed by atoms with Crippen LogP contribution in [0.1, 0.15) is 34.2 Å². The molecule has 0 saturated heterocycles. The van der Waals surface area contributed by atoms with Gasteiger partial charge < -0.3 is 10.1 Å². The number of aliphatic hydroxyl groups excluding tert-OH is 1. The molecular formula is C14H16BrNO. The van der Waals surface area contributed by atoms with E-state index in [1.807, 2.05) is 38.1 Å². The zero-order chi connectivity index (χ0) is 12.6. The zero-order valence-electron chi connectivity index (χ0n) is 10.2. The van der Waals surface area contributed by atoms with Crippen molar-refractivity contribution in [2.75, 3.05) is 0 Å². The Morgan fingerprint density at radius 1 is 1.12 bits per heavy atom. The first-order valence-corrected chi connectivity index (χ1v) is 6.39. The zero-order valence-corrected chi connectivity index (χ0v) is 11.8. The van der Waals surface area contributed by atoms with Gasteiger partial charge in [0.2, 0.25) is 0 Å². The number of H-pyrrole nitrogens is 1. The second-order valence-electron chi connectivity index (χ2n) is 4.34. The molecule has 2 N–H and O–H groups in total. The second kappa shape index (κ2) is 4.67. The summed E-state index contributed by atoms with van der Waals surface area (Å²) in [4.78, 5) is 3.27. The molecule has 0 spiro atoms. The Morgan fingerprint density at radius 2 is 1.76 bits per heavy atom. The number of benzene rings is 1. The van der Waals surface area contributed by atoms with E-state index in [-0.39, 0.29) is 0 Å². The summed E-state index contributed by atoms with van der Waals surface area (Å²) in [6.07, 6.45) is -0.613. The van der Waals surface area contributed by atoms with E-state index in [9.17, 15) is 5.11 Å². The van der Waals surface area contributed by atoms with Gasteiger partial charge in [0.25, 0.3) is 0 Å². The fourth-order valence-corrected chi connectivity index (χ4v) is 2.50. The van der Waals surface area contributed by atoms with Crippen LogP contribution in [0.3, 0.4) is 0 Å². The molecule has 17 heavy (non-hydrogen) atoms. The molecule has 1 atom stereocenters. The average molecular weight is 294 g/mol. The van der Waals surface area contributed by atoms with E-state index >= 15 is 0 Å². The molecule has 0 amide bonds. The highest BCUT2D eigenvalue weighted by Gasteiger charge is 2.18. The van der Waals surface area contributed by atoms with Crippen LogP contribution < -0.4 is 0 Å². The van der Waals surface area contributed by atoms with Crippen molar-refractivity contribution >= 4 is 15.9 Å². The lowest BCUT2D eigenvalue weighted by molar-refractivity contribution is 0.214. The number of halogens is 1. The Hall–Kier alpha value is -1.06. The number of nitrogens with one attached hydrogen (secondary N) is 1. The summed E-state index contributed by atoms with van der Waals surface area (Å²) in [5.74, 6) is 0. The Morgan fingerprint density at radius 3 is 2.29 bits per heavy atom. The highest BCUT2D eigenvalue weighted by Crippen LogP contribution is 2.31. The normalized spacial score (nSPS) is 12.8. The summed E-state index contributed by atoms with van der Waals surface area (Å²) < 4.78 is 0.928. The lowest BCUT2D eigenvalue weighted by Crippen LogP contribution is -2.02. The van der Waals surface area contributed by atoms with Crippen LogP contribution in [0.4, 0.5) is 0 Å². The van der Waals surface area contributed by atoms with Crippen LogP contribution in [0.2, 0.25) is 0 Å². The molecule has 2 nitrogen and oxygen atoms in total. The van der Waals surface area contributed by atoms with E-state index in [4.69, 9.17) is 0 Å². The molecule has 0 bridgehead atoms. The third-order valence-corrected chi connectivity index (χ3v) is 4.05. The molecule has 3 heteroatoms. The molecule has 1 aromatic carbocycles. The number of rotatable bonds is 2. The number of aliphatic hydroxyl groups is 1. The fraction of sp³-hybridized carbons (Fsp3) is 0.286. The van der Waals surface area contributed by atoms with E-state index < -0.39 is 6.10 Å². The summed E-state index contributed by atoms with van der Waals surface area (Å²) in [5.41, 5.74) is 5.23. The van der Waals surface area contributed by atoms with Gasteiger partial charge in [-0.3, -0.25) is 0 Å². The summed E-state index contributed by atoms with van der Waals surface area (Å²) in [6, 6.07) is 7.75. The van der Waals surface area contributed by atoms with Crippen molar-refractivity contribution in [3.8, 4) is 0 Å². The third kappa shape index (κ3) is 2.17. The molecule has 0 aliphatic carbocycles. The molecule has 1 heterocycles. The van der Waals surface area contributed by atoms with Crippen molar-refractivity contribution < 1.29 is 5.11 Å². The van der Waals surface area contributed by atoms with Crippen LogP contribution in [-0.4, -0.2) is 10.1 Å². The average Bonchev–Trinajstić information content (AvgIpc) is 2.57. The highest BCUT2D eigenvalue weighted by molar-refractivity contribution is 9.10. The predicted octanol–water partition coefficient (Wildman–Crippen LogP) is 3.78. The van der Waals surface area contributed by atoms with Gasteiger partial charge in [-0.05, 0) is 38.0 Å². The van der Waals surface area contributed by atoms with Gasteiger partial charge in [-0.2, -0.15) is 0 Å². The number of aromatic amines is 1. The molecule has 90 valence electrons. The smallest absolute Gasteiger partial charge is 0.120 e. The number of hydrogen-bond donors (Lipinski definition) is 2. The lowest BCUT2D eigenvalue weighted by Gasteiger charge is -2.12. The summed E-state index contributed by atoms with van der Waals surface area (Å²) in [5, 5.41) is 10.4. The van der Waals surface area contributed by atoms with E-state index in [1.54, 1.807) is 0 Å². The monoisotopic (exact) mass is 293 g/mol. The van der Waals surface area contributed by atoms with Gasteiger partial charge in [0.1, 0.15) is 6.10 Å². The van der Waals surface area contributed by atoms with Crippen molar-refractivity contribution in [3.05, 3.63) is 56.8 Å². The molecular weight excluding hydrogens is 278 g/mol. The quantitative estimate of drug-likeness (QED) is 0.868. The third-order valence-electron chi connectivity index (χ3n) is 3.32. The summed E-state index contributed by atoms with van der Waals surface area (Å²) >= 11 is 3.47. The van der Waals surface area contributed by atoms with E-state index in [2.05, 4.69) is 27.8 Å². The Labute approximate surface area is 110 Å². The number of aromatic nitrogens is 1. The van der Waals surface area contributed by atoms with Crippen molar-refractivity contribution in [3.63, 3.8) is 0 Å². The van der Waals surface area contributed by atoms with Crippen molar-refractivity contribution in [1.82, 2.24) is 4.98 Å². The summed E-state index contributed by atoms with van der Waals surface area (Å²) in [7, 11) is 0. The lowest BCUT2D eigenvalue weighted by atomic mass is 10.0. The molecule has 0 aliphatic heterocycles. The molecule has 2 rings (SSSR count). The molecule has 1 unspecified atom stereocenters. The van der Waals surface area contributed by atoms with Crippen LogP contribution in [0, 0.1) is 20.8 Å². The maximum absolute atomic E-state index is 10.4. The maximum atomic E-state index is 10.4. The first-order valence-electron chi connectivity index (χ1n) is 5.60. The SMILES string of the molecule is Cc1[nH]c(C(O)c2ccccc2Br)c(C)c1C. The van der Waals surface area contributed by atoms with E-state index in [0.717, 1.165) is 27.0 Å². The largest absolute Gasteiger partial charge is 0.382 e. The van der Waals surface area contributed by atoms with Gasteiger partial charge in [0.05, 0.1) is 5.69 Å². The molecule has 2 aromatic rings. The first-order chi connectivity index (χ1) is 8.02. The van der Waals surface area contributed by atoms with Crippen LogP contribution in [0.15, 0.2) is 28.7 Å². The molecule has 0 fully saturated rings. The maximum Gasteiger partial charge on any atom is 0.120 e. The van der Waals surface area contributed by atoms with E-state index in [1.165, 1.54) is 5.56 Å². The minimum absolute atomic E-state index is 0.613. The van der Waals surface area contributed by atoms with Crippen molar-refractivity contribution in [2.45, 2.75) is 26.9 Å². The van der Waals surface area contributed by atoms with Gasteiger partial charge in [-0.15, -0.1) is 0 Å². The van der Waals surface area contributed by atoms with Gasteiger partial charge in [-0.1, -0.05) is 34.1 Å². The van der Waals surface area contributed by atoms with Crippen LogP contribution >= 0.6 is 15.9 Å². The Balaban J connectivity index is 2.48. The van der Waals surface area contributed by atoms with Gasteiger partial charge in [0.15, 0.2) is 0 Å². The van der Waals surface area contributed by atoms with Crippen LogP contribution in [-0.2, 0) is 0 Å². The van der Waals surface area contributed by atoms with Crippen molar-refractivity contribution in [1.29, 1.82) is 0 Å². The van der Waals surface area contributed by atoms with Gasteiger partial charge >= 0.3 is 0 Å². The van der Waals surface area contributed by atoms with Crippen LogP contribution in [0.25, 0.3) is 0 Å². The van der Waals surface area contributed by atoms with E-state index in [0.29, 0.717) is 0 Å². The minimum Gasteiger partial charge on any atom is -0.382 e. The van der Waals surface area contributed by atoms with Gasteiger partial charge in [-0.25, -0.2) is 0 Å². The molecule has 0 aliphatic rings. The molecule has 1 aromatic heterocycles. The number of aryl methyl sites for hydroxylation is 1. The highest BCUT2D eigenvalue weighted by atomic mass is 79.9. The summed E-state index contributed by atoms with van der Waals surface area (Å²) in [6.45, 7) is 6.13. The van der Waals surface area contributed by atoms with Gasteiger partial charge in [0, 0.05) is 15.7 Å². The van der Waals surface area contributed by atoms with Crippen LogP contribution in [0.5, 0.6) is 0 Å². The molecule has 0 saturated carbocycles. The second-order valence-corrected chi connectivity index (χ2v) is 5.19. The van der Waals surface area contributed by atoms with Crippen molar-refractivity contribution in [2.24, 2.45) is 0 Å². The fourth-order valence-electron chi connectivity index (χ4n) is 2.00. The standard InChI is InChI=1S/C14H16BrNO/c1-8-9(2)13(16-10(8)3)14(17)11-6-4-5-7-12(11)15/h4-7,14,16-17H,1-3H3. The first kappa shape index (κ1) is 12.4. The Bertz CT molecular complexity index is 545. The minimum atomic E-state index is -0.613. The topological polar surface area (TPSA) is 36.0 Å². The molecule has 0 radical (unpaired) electrons.